The van der Waals surface area contributed by atoms with Crippen molar-refractivity contribution in [2.75, 3.05) is 4.90 Å². The molecule has 1 aromatic heterocycles. The van der Waals surface area contributed by atoms with Crippen LogP contribution in [0, 0.1) is 21.7 Å². The van der Waals surface area contributed by atoms with E-state index in [0.29, 0.717) is 11.0 Å². The molecule has 0 aliphatic carbocycles. The largest absolute Gasteiger partial charge is 0.428 e. The minimum atomic E-state index is -1.24. The average Bonchev–Trinajstić information content (AvgIpc) is 2.68. The summed E-state index contributed by atoms with van der Waals surface area (Å²) in [6.07, 6.45) is -1.24. The number of para-hydroxylation sites is 1. The van der Waals surface area contributed by atoms with Crippen molar-refractivity contribution in [3.8, 4) is 17.0 Å². The van der Waals surface area contributed by atoms with Crippen molar-refractivity contribution in [1.82, 2.24) is 4.98 Å². The number of ether oxygens (including phenoxy) is 1. The molecular formula is C20H13F2N3O5. The van der Waals surface area contributed by atoms with Crippen molar-refractivity contribution in [2.45, 2.75) is 6.92 Å². The van der Waals surface area contributed by atoms with E-state index in [1.54, 1.807) is 18.2 Å². The lowest BCUT2D eigenvalue weighted by Gasteiger charge is -2.18. The molecule has 0 aliphatic rings. The van der Waals surface area contributed by atoms with Gasteiger partial charge >= 0.3 is 11.8 Å². The molecule has 0 bridgehead atoms. The van der Waals surface area contributed by atoms with Gasteiger partial charge in [0.05, 0.1) is 10.6 Å². The molecule has 0 radical (unpaired) electrons. The normalized spacial score (nSPS) is 10.4. The van der Waals surface area contributed by atoms with Crippen molar-refractivity contribution < 1.29 is 28.0 Å². The van der Waals surface area contributed by atoms with E-state index in [1.807, 2.05) is 0 Å². The molecule has 0 spiro atoms. The summed E-state index contributed by atoms with van der Waals surface area (Å²) in [6.45, 7) is 0.989. The molecule has 3 rings (SSSR count). The fourth-order valence-corrected chi connectivity index (χ4v) is 2.59. The van der Waals surface area contributed by atoms with Gasteiger partial charge in [-0.1, -0.05) is 18.2 Å². The summed E-state index contributed by atoms with van der Waals surface area (Å²) in [7, 11) is 0. The SMILES string of the molecule is CC(=O)N(C(=O)Oc1ccccc1)c1nc(-c2ccc(F)cc2F)ccc1[N+](=O)[O-]. The minimum absolute atomic E-state index is 0.0946. The number of carbonyl (C=O) groups excluding carboxylic acids is 2. The van der Waals surface area contributed by atoms with Crippen LogP contribution in [0.25, 0.3) is 11.3 Å². The van der Waals surface area contributed by atoms with E-state index in [4.69, 9.17) is 4.74 Å². The Morgan fingerprint density at radius 3 is 2.37 bits per heavy atom. The second-order valence-corrected chi connectivity index (χ2v) is 5.96. The Labute approximate surface area is 168 Å². The van der Waals surface area contributed by atoms with Gasteiger partial charge in [0.2, 0.25) is 11.7 Å². The van der Waals surface area contributed by atoms with Crippen LogP contribution in [0.5, 0.6) is 5.75 Å². The molecule has 8 nitrogen and oxygen atoms in total. The Morgan fingerprint density at radius 2 is 1.77 bits per heavy atom. The van der Waals surface area contributed by atoms with Crippen LogP contribution in [-0.4, -0.2) is 21.9 Å². The van der Waals surface area contributed by atoms with Crippen LogP contribution >= 0.6 is 0 Å². The first-order valence-corrected chi connectivity index (χ1v) is 8.46. The average molecular weight is 413 g/mol. The maximum Gasteiger partial charge on any atom is 0.428 e. The van der Waals surface area contributed by atoms with Crippen LogP contribution in [0.3, 0.4) is 0 Å². The zero-order valence-corrected chi connectivity index (χ0v) is 15.4. The quantitative estimate of drug-likeness (QED) is 0.461. The first kappa shape index (κ1) is 20.5. The Hall–Kier alpha value is -4.21. The summed E-state index contributed by atoms with van der Waals surface area (Å²) in [5, 5.41) is 11.4. The zero-order valence-electron chi connectivity index (χ0n) is 15.4. The Balaban J connectivity index is 2.10. The second-order valence-electron chi connectivity index (χ2n) is 5.96. The number of rotatable bonds is 4. The van der Waals surface area contributed by atoms with E-state index in [-0.39, 0.29) is 17.0 Å². The first-order valence-electron chi connectivity index (χ1n) is 8.46. The monoisotopic (exact) mass is 413 g/mol. The van der Waals surface area contributed by atoms with E-state index in [1.165, 1.54) is 12.1 Å². The van der Waals surface area contributed by atoms with E-state index < -0.39 is 40.1 Å². The second kappa shape index (κ2) is 8.43. The molecule has 1 heterocycles. The number of nitro groups is 1. The van der Waals surface area contributed by atoms with E-state index in [0.717, 1.165) is 31.2 Å². The Kier molecular flexibility index (Phi) is 5.77. The fraction of sp³-hybridized carbons (Fsp3) is 0.0500. The van der Waals surface area contributed by atoms with Crippen molar-refractivity contribution in [1.29, 1.82) is 0 Å². The zero-order chi connectivity index (χ0) is 21.8. The summed E-state index contributed by atoms with van der Waals surface area (Å²) in [4.78, 5) is 39.6. The Morgan fingerprint density at radius 1 is 1.07 bits per heavy atom. The predicted octanol–water partition coefficient (Wildman–Crippen LogP) is 4.49. The molecule has 0 atom stereocenters. The number of aromatic nitrogens is 1. The molecule has 0 fully saturated rings. The summed E-state index contributed by atoms with van der Waals surface area (Å²) < 4.78 is 32.4. The van der Waals surface area contributed by atoms with Crippen molar-refractivity contribution in [2.24, 2.45) is 0 Å². The van der Waals surface area contributed by atoms with Gasteiger partial charge in [-0.15, -0.1) is 0 Å². The molecule has 30 heavy (non-hydrogen) atoms. The topological polar surface area (TPSA) is 103 Å². The van der Waals surface area contributed by atoms with E-state index >= 15 is 0 Å². The summed E-state index contributed by atoms with van der Waals surface area (Å²) in [5.74, 6) is -3.27. The molecule has 0 saturated heterocycles. The lowest BCUT2D eigenvalue weighted by Crippen LogP contribution is -2.38. The van der Waals surface area contributed by atoms with Gasteiger partial charge in [0.25, 0.3) is 0 Å². The van der Waals surface area contributed by atoms with Crippen molar-refractivity contribution in [3.05, 3.63) is 82.4 Å². The van der Waals surface area contributed by atoms with Gasteiger partial charge in [0, 0.05) is 24.6 Å². The van der Waals surface area contributed by atoms with Crippen LogP contribution < -0.4 is 9.64 Å². The van der Waals surface area contributed by atoms with Crippen LogP contribution in [0.15, 0.2) is 60.7 Å². The predicted molar refractivity (Wildman–Crippen MR) is 102 cm³/mol. The molecule has 10 heteroatoms. The van der Waals surface area contributed by atoms with Gasteiger partial charge in [-0.3, -0.25) is 14.9 Å². The third kappa shape index (κ3) is 4.27. The molecule has 3 aromatic rings. The third-order valence-electron chi connectivity index (χ3n) is 3.92. The molecule has 2 amide bonds. The van der Waals surface area contributed by atoms with Crippen molar-refractivity contribution in [3.63, 3.8) is 0 Å². The van der Waals surface area contributed by atoms with Crippen LogP contribution in [-0.2, 0) is 4.79 Å². The molecule has 2 aromatic carbocycles. The van der Waals surface area contributed by atoms with E-state index in [2.05, 4.69) is 4.98 Å². The highest BCUT2D eigenvalue weighted by Gasteiger charge is 2.32. The molecule has 0 aliphatic heterocycles. The van der Waals surface area contributed by atoms with Crippen LogP contribution in [0.1, 0.15) is 6.92 Å². The molecule has 0 N–H and O–H groups in total. The highest BCUT2D eigenvalue weighted by atomic mass is 19.1. The van der Waals surface area contributed by atoms with Crippen molar-refractivity contribution >= 4 is 23.5 Å². The molecule has 152 valence electrons. The lowest BCUT2D eigenvalue weighted by atomic mass is 10.1. The number of anilines is 1. The summed E-state index contributed by atoms with van der Waals surface area (Å²) in [5.41, 5.74) is -0.999. The number of benzene rings is 2. The lowest BCUT2D eigenvalue weighted by molar-refractivity contribution is -0.384. The maximum atomic E-state index is 14.1. The molecule has 0 saturated carbocycles. The van der Waals surface area contributed by atoms with Gasteiger partial charge in [-0.2, -0.15) is 4.90 Å². The Bertz CT molecular complexity index is 1140. The van der Waals surface area contributed by atoms with Crippen LogP contribution in [0.2, 0.25) is 0 Å². The molecule has 0 unspecified atom stereocenters. The fourth-order valence-electron chi connectivity index (χ4n) is 2.59. The van der Waals surface area contributed by atoms with Gasteiger partial charge < -0.3 is 4.74 Å². The third-order valence-corrected chi connectivity index (χ3v) is 3.92. The number of hydrogen-bond donors (Lipinski definition) is 0. The first-order chi connectivity index (χ1) is 14.3. The minimum Gasteiger partial charge on any atom is -0.410 e. The number of hydrogen-bond acceptors (Lipinski definition) is 6. The number of carbonyl (C=O) groups is 2. The molecular weight excluding hydrogens is 400 g/mol. The maximum absolute atomic E-state index is 14.1. The standard InChI is InChI=1S/C20H13F2N3O5/c1-12(26)24(20(27)30-14-5-3-2-4-6-14)19-18(25(28)29)10-9-17(23-19)15-8-7-13(21)11-16(15)22/h2-11H,1H3. The number of halogens is 2. The van der Waals surface area contributed by atoms with Gasteiger partial charge in [-0.05, 0) is 30.3 Å². The van der Waals surface area contributed by atoms with Crippen LogP contribution in [0.4, 0.5) is 25.1 Å². The highest BCUT2D eigenvalue weighted by Crippen LogP contribution is 2.32. The van der Waals surface area contributed by atoms with Gasteiger partial charge in [0.1, 0.15) is 17.4 Å². The van der Waals surface area contributed by atoms with E-state index in [9.17, 15) is 28.5 Å². The number of imide groups is 1. The summed E-state index contributed by atoms with van der Waals surface area (Å²) >= 11 is 0. The number of pyridine rings is 1. The van der Waals surface area contributed by atoms with Gasteiger partial charge in [-0.25, -0.2) is 18.6 Å². The number of nitrogens with zero attached hydrogens (tertiary/aromatic N) is 3. The number of amides is 2. The van der Waals surface area contributed by atoms with Gasteiger partial charge in [0.15, 0.2) is 0 Å². The smallest absolute Gasteiger partial charge is 0.410 e. The summed E-state index contributed by atoms with van der Waals surface area (Å²) in [6, 6.07) is 12.5. The highest BCUT2D eigenvalue weighted by molar-refractivity contribution is 6.12.